The second-order valence-electron chi connectivity index (χ2n) is 5.97. The summed E-state index contributed by atoms with van der Waals surface area (Å²) in [6.07, 6.45) is -4.07. The van der Waals surface area contributed by atoms with Gasteiger partial charge in [-0.2, -0.15) is 30.2 Å². The van der Waals surface area contributed by atoms with Crippen LogP contribution in [0.1, 0.15) is 24.0 Å². The van der Waals surface area contributed by atoms with Gasteiger partial charge in [-0.15, -0.1) is 0 Å². The molecule has 0 unspecified atom stereocenters. The van der Waals surface area contributed by atoms with Crippen LogP contribution < -0.4 is 0 Å². The number of carbonyl (C=O) groups is 1. The number of nitrogens with zero attached hydrogens (tertiary/aromatic N) is 2. The van der Waals surface area contributed by atoms with Crippen molar-refractivity contribution in [3.05, 3.63) is 35.4 Å². The van der Waals surface area contributed by atoms with Gasteiger partial charge in [0.15, 0.2) is 0 Å². The molecule has 140 valence electrons. The number of rotatable bonds is 5. The van der Waals surface area contributed by atoms with Crippen LogP contribution in [0.3, 0.4) is 0 Å². The van der Waals surface area contributed by atoms with Gasteiger partial charge in [-0.05, 0) is 24.5 Å². The zero-order chi connectivity index (χ0) is 18.8. The molecule has 0 atom stereocenters. The molecule has 0 radical (unpaired) electrons. The van der Waals surface area contributed by atoms with E-state index in [0.29, 0.717) is 0 Å². The fraction of sp³-hybridized carbons (Fsp3) is 0.533. The van der Waals surface area contributed by atoms with Gasteiger partial charge >= 0.3 is 12.1 Å². The van der Waals surface area contributed by atoms with Crippen molar-refractivity contribution in [3.63, 3.8) is 0 Å². The number of alkyl halides is 3. The van der Waals surface area contributed by atoms with Crippen LogP contribution in [0.15, 0.2) is 24.3 Å². The summed E-state index contributed by atoms with van der Waals surface area (Å²) in [6.45, 7) is -0.0520. The average molecular weight is 380 g/mol. The molecule has 0 saturated carbocycles. The van der Waals surface area contributed by atoms with Crippen molar-refractivity contribution in [2.75, 3.05) is 20.1 Å². The number of piperidine rings is 1. The highest BCUT2D eigenvalue weighted by atomic mass is 32.2. The van der Waals surface area contributed by atoms with E-state index in [2.05, 4.69) is 0 Å². The Morgan fingerprint density at radius 1 is 1.32 bits per heavy atom. The van der Waals surface area contributed by atoms with Gasteiger partial charge in [0.05, 0.1) is 11.5 Å². The molecule has 2 rings (SSSR count). The molecule has 1 saturated heterocycles. The molecule has 1 N–H and O–H groups in total. The summed E-state index contributed by atoms with van der Waals surface area (Å²) >= 11 is 0. The first-order chi connectivity index (χ1) is 11.5. The maximum atomic E-state index is 12.7. The van der Waals surface area contributed by atoms with Crippen molar-refractivity contribution in [1.29, 1.82) is 0 Å². The number of carboxylic acid groups (broad SMARTS) is 1. The number of aliphatic carboxylic acids is 1. The lowest BCUT2D eigenvalue weighted by atomic mass is 9.99. The Hall–Kier alpha value is -1.65. The van der Waals surface area contributed by atoms with E-state index >= 15 is 0 Å². The number of halogens is 3. The van der Waals surface area contributed by atoms with E-state index in [-0.39, 0.29) is 38.0 Å². The van der Waals surface area contributed by atoms with Gasteiger partial charge < -0.3 is 5.11 Å². The highest BCUT2D eigenvalue weighted by Crippen LogP contribution is 2.30. The monoisotopic (exact) mass is 380 g/mol. The molecule has 1 heterocycles. The summed E-state index contributed by atoms with van der Waals surface area (Å²) in [5.74, 6) is -1.52. The lowest BCUT2D eigenvalue weighted by Crippen LogP contribution is -2.46. The Balaban J connectivity index is 2.07. The molecule has 0 aliphatic carbocycles. The fourth-order valence-corrected chi connectivity index (χ4v) is 4.09. The van der Waals surface area contributed by atoms with Crippen molar-refractivity contribution in [2.45, 2.75) is 25.6 Å². The van der Waals surface area contributed by atoms with Gasteiger partial charge in [0.25, 0.3) is 10.2 Å². The smallest absolute Gasteiger partial charge is 0.416 e. The molecule has 1 fully saturated rings. The van der Waals surface area contributed by atoms with Gasteiger partial charge in [-0.1, -0.05) is 18.2 Å². The lowest BCUT2D eigenvalue weighted by Gasteiger charge is -2.32. The van der Waals surface area contributed by atoms with Crippen molar-refractivity contribution < 1.29 is 31.5 Å². The van der Waals surface area contributed by atoms with Crippen LogP contribution in [-0.4, -0.2) is 48.2 Å². The molecule has 1 aromatic carbocycles. The van der Waals surface area contributed by atoms with Crippen molar-refractivity contribution >= 4 is 16.2 Å². The Bertz CT molecular complexity index is 729. The second kappa shape index (κ2) is 7.30. The molecule has 0 bridgehead atoms. The number of carboxylic acids is 1. The van der Waals surface area contributed by atoms with E-state index < -0.39 is 33.8 Å². The zero-order valence-corrected chi connectivity index (χ0v) is 14.3. The van der Waals surface area contributed by atoms with Crippen LogP contribution in [0.25, 0.3) is 0 Å². The number of hydrogen-bond donors (Lipinski definition) is 1. The Morgan fingerprint density at radius 3 is 2.44 bits per heavy atom. The van der Waals surface area contributed by atoms with Crippen LogP contribution in [0.2, 0.25) is 0 Å². The van der Waals surface area contributed by atoms with Crippen LogP contribution in [0.5, 0.6) is 0 Å². The molecular weight excluding hydrogens is 361 g/mol. The largest absolute Gasteiger partial charge is 0.481 e. The summed E-state index contributed by atoms with van der Waals surface area (Å²) in [5, 5.41) is 8.95. The lowest BCUT2D eigenvalue weighted by molar-refractivity contribution is -0.143. The van der Waals surface area contributed by atoms with E-state index in [9.17, 15) is 26.4 Å². The van der Waals surface area contributed by atoms with Crippen molar-refractivity contribution in [1.82, 2.24) is 8.61 Å². The van der Waals surface area contributed by atoms with Crippen LogP contribution >= 0.6 is 0 Å². The molecular formula is C15H19F3N2O4S. The minimum Gasteiger partial charge on any atom is -0.481 e. The van der Waals surface area contributed by atoms with Crippen LogP contribution in [0.4, 0.5) is 13.2 Å². The summed E-state index contributed by atoms with van der Waals surface area (Å²) in [7, 11) is -2.57. The highest BCUT2D eigenvalue weighted by molar-refractivity contribution is 7.86. The predicted octanol–water partition coefficient (Wildman–Crippen LogP) is 2.18. The average Bonchev–Trinajstić information content (AvgIpc) is 2.54. The van der Waals surface area contributed by atoms with Crippen LogP contribution in [-0.2, 0) is 27.7 Å². The minimum absolute atomic E-state index is 0.0756. The van der Waals surface area contributed by atoms with E-state index in [0.717, 1.165) is 16.4 Å². The third-order valence-corrected chi connectivity index (χ3v) is 6.12. The minimum atomic E-state index is -4.49. The number of benzene rings is 1. The molecule has 0 aromatic heterocycles. The van der Waals surface area contributed by atoms with E-state index in [1.54, 1.807) is 0 Å². The van der Waals surface area contributed by atoms with E-state index in [1.165, 1.54) is 23.5 Å². The van der Waals surface area contributed by atoms with Crippen molar-refractivity contribution in [2.24, 2.45) is 5.92 Å². The van der Waals surface area contributed by atoms with E-state index in [4.69, 9.17) is 5.11 Å². The van der Waals surface area contributed by atoms with E-state index in [1.807, 2.05) is 0 Å². The van der Waals surface area contributed by atoms with Gasteiger partial charge in [0, 0.05) is 26.7 Å². The molecule has 1 aliphatic rings. The quantitative estimate of drug-likeness (QED) is 0.849. The second-order valence-corrected chi connectivity index (χ2v) is 8.01. The van der Waals surface area contributed by atoms with Gasteiger partial charge in [0.2, 0.25) is 0 Å². The third-order valence-electron chi connectivity index (χ3n) is 4.18. The third kappa shape index (κ3) is 4.71. The summed E-state index contributed by atoms with van der Waals surface area (Å²) < 4.78 is 65.4. The standard InChI is InChI=1S/C15H19F3N2O4S/c1-19(10-11-3-2-4-13(9-11)15(16,17)18)25(23,24)20-7-5-12(6-8-20)14(21)22/h2-4,9,12H,5-8,10H2,1H3,(H,21,22). The van der Waals surface area contributed by atoms with Crippen LogP contribution in [0, 0.1) is 5.92 Å². The first kappa shape index (κ1) is 19.7. The maximum absolute atomic E-state index is 12.7. The molecule has 1 aromatic rings. The molecule has 6 nitrogen and oxygen atoms in total. The zero-order valence-electron chi connectivity index (χ0n) is 13.5. The Kier molecular flexibility index (Phi) is 5.75. The molecule has 0 spiro atoms. The molecule has 25 heavy (non-hydrogen) atoms. The summed E-state index contributed by atoms with van der Waals surface area (Å²) in [6, 6.07) is 4.51. The number of hydrogen-bond acceptors (Lipinski definition) is 3. The predicted molar refractivity (Wildman–Crippen MR) is 83.8 cm³/mol. The Labute approximate surface area is 144 Å². The fourth-order valence-electron chi connectivity index (χ4n) is 2.72. The molecule has 10 heteroatoms. The summed E-state index contributed by atoms with van der Waals surface area (Å²) in [4.78, 5) is 10.9. The Morgan fingerprint density at radius 2 is 1.92 bits per heavy atom. The maximum Gasteiger partial charge on any atom is 0.416 e. The van der Waals surface area contributed by atoms with Gasteiger partial charge in [-0.3, -0.25) is 4.79 Å². The summed E-state index contributed by atoms with van der Waals surface area (Å²) in [5.41, 5.74) is -0.612. The topological polar surface area (TPSA) is 77.9 Å². The molecule has 0 amide bonds. The SMILES string of the molecule is CN(Cc1cccc(C(F)(F)F)c1)S(=O)(=O)N1CCC(C(=O)O)CC1. The first-order valence-electron chi connectivity index (χ1n) is 7.62. The van der Waals surface area contributed by atoms with Gasteiger partial charge in [-0.25, -0.2) is 0 Å². The highest BCUT2D eigenvalue weighted by Gasteiger charge is 2.34. The van der Waals surface area contributed by atoms with Gasteiger partial charge in [0.1, 0.15) is 0 Å². The molecule has 1 aliphatic heterocycles. The van der Waals surface area contributed by atoms with Crippen molar-refractivity contribution in [3.8, 4) is 0 Å². The normalized spacial score (nSPS) is 17.8. The first-order valence-corrected chi connectivity index (χ1v) is 9.02.